The molecule has 49 heavy (non-hydrogen) atoms. The molecule has 1 saturated heterocycles. The van der Waals surface area contributed by atoms with Crippen LogP contribution in [0.1, 0.15) is 33.9 Å². The van der Waals surface area contributed by atoms with Crippen molar-refractivity contribution in [1.82, 2.24) is 30.2 Å². The summed E-state index contributed by atoms with van der Waals surface area (Å²) in [4.78, 5) is 74.6. The number of amides is 2. The number of carbonyl (C=O) groups is 2. The van der Waals surface area contributed by atoms with Crippen LogP contribution in [0.5, 0.6) is 0 Å². The molecule has 1 aliphatic rings. The number of anilines is 1. The van der Waals surface area contributed by atoms with E-state index in [1.54, 1.807) is 0 Å². The number of ether oxygens (including phenoxy) is 1. The maximum atomic E-state index is 12.6. The molecule has 23 nitrogen and oxygen atoms in total. The molecule has 3 rings (SSSR count). The Balaban J connectivity index is 0.00000833. The third-order valence-corrected chi connectivity index (χ3v) is 9.83. The number of phosphoric ester groups is 3. The van der Waals surface area contributed by atoms with Gasteiger partial charge in [0.15, 0.2) is 17.7 Å². The fraction of sp³-hybridized carbons (Fsp3) is 0.682. The summed E-state index contributed by atoms with van der Waals surface area (Å²) in [6.07, 6.45) is -6.74. The first kappa shape index (κ1) is 43.1. The highest BCUT2D eigenvalue weighted by molar-refractivity contribution is 7.80. The van der Waals surface area contributed by atoms with Gasteiger partial charge in [-0.25, -0.2) is 28.6 Å². The number of carbonyl (C=O) groups excluding carboxylic acids is 2. The molecule has 0 spiro atoms. The predicted molar refractivity (Wildman–Crippen MR) is 170 cm³/mol. The number of rotatable bonds is 18. The molecular formula is C22H40N7O16P3S. The summed E-state index contributed by atoms with van der Waals surface area (Å²) in [7, 11) is -16.3. The van der Waals surface area contributed by atoms with E-state index in [9.17, 15) is 53.1 Å². The zero-order chi connectivity index (χ0) is 36.1. The zero-order valence-electron chi connectivity index (χ0n) is 25.2. The average molecular weight is 784 g/mol. The van der Waals surface area contributed by atoms with E-state index in [0.717, 1.165) is 17.2 Å². The van der Waals surface area contributed by atoms with Gasteiger partial charge in [-0.15, -0.1) is 0 Å². The minimum absolute atomic E-state index is 0. The first-order valence-electron chi connectivity index (χ1n) is 13.7. The molecule has 0 aromatic carbocycles. The monoisotopic (exact) mass is 783 g/mol. The molecular weight excluding hydrogens is 743 g/mol. The van der Waals surface area contributed by atoms with Gasteiger partial charge in [0.25, 0.3) is 0 Å². The number of imidazole rings is 1. The molecule has 0 saturated carbocycles. The largest absolute Gasteiger partial charge is 0.481 e. The fourth-order valence-corrected chi connectivity index (χ4v) is 7.08. The van der Waals surface area contributed by atoms with Gasteiger partial charge in [0.1, 0.15) is 36.3 Å². The number of nitrogen functional groups attached to an aromatic ring is 1. The highest BCUT2D eigenvalue weighted by atomic mass is 32.1. The van der Waals surface area contributed by atoms with Crippen LogP contribution in [0.25, 0.3) is 11.2 Å². The molecule has 27 heteroatoms. The molecule has 1 fully saturated rings. The molecule has 2 aromatic heterocycles. The van der Waals surface area contributed by atoms with Crippen molar-refractivity contribution >= 4 is 64.9 Å². The van der Waals surface area contributed by atoms with Gasteiger partial charge >= 0.3 is 23.5 Å². The van der Waals surface area contributed by atoms with Crippen molar-refractivity contribution < 1.29 is 75.7 Å². The number of nitrogens with zero attached hydrogens (tertiary/aromatic N) is 4. The molecule has 1 aliphatic heterocycles. The number of phosphoric acid groups is 3. The SMILES string of the molecule is C.CC(C)(COP(=O)(O)OP(=O)(O)OC[C@H]1O[C@@H](n2cnc3c(N)ncnc32)[C@H](O)[C@@H]1OP(=O)(O)O)[C@@H](O)C(=O)NCCC(=O)NCCS. The average Bonchev–Trinajstić information content (AvgIpc) is 3.54. The number of nitrogens with two attached hydrogens (primary N) is 1. The number of aliphatic hydroxyl groups is 2. The standard InChI is InChI=1S/C21H36N7O16P3S.CH4/c1-21(2,16(31)19(32)24-4-3-12(29)23-5-6-48)8-41-47(38,39)44-46(36,37)40-7-11-15(43-45(33,34)35)14(30)20(42-11)28-10-27-13-17(22)25-9-26-18(13)28;/h9-11,14-16,20,30-31,48H,3-8H2,1-2H3,(H,23,29)(H,24,32)(H,36,37)(H,38,39)(H2,22,25,26)(H2,33,34,35);1H4/t11-,14-,15-,16+,20-;/m1./s1. The van der Waals surface area contributed by atoms with Gasteiger partial charge in [0, 0.05) is 30.7 Å². The van der Waals surface area contributed by atoms with Gasteiger partial charge in [-0.2, -0.15) is 16.9 Å². The van der Waals surface area contributed by atoms with Crippen molar-refractivity contribution in [3.05, 3.63) is 12.7 Å². The quantitative estimate of drug-likeness (QED) is 0.0638. The van der Waals surface area contributed by atoms with Crippen LogP contribution in [0.2, 0.25) is 0 Å². The van der Waals surface area contributed by atoms with Crippen molar-refractivity contribution in [3.63, 3.8) is 0 Å². The third-order valence-electron chi connectivity index (χ3n) is 6.51. The predicted octanol–water partition coefficient (Wildman–Crippen LogP) is -1.03. The lowest BCUT2D eigenvalue weighted by Crippen LogP contribution is -2.46. The van der Waals surface area contributed by atoms with Gasteiger partial charge in [-0.05, 0) is 0 Å². The minimum atomic E-state index is -5.54. The Morgan fingerprint density at radius 3 is 2.39 bits per heavy atom. The van der Waals surface area contributed by atoms with E-state index in [2.05, 4.69) is 47.0 Å². The van der Waals surface area contributed by atoms with Crippen molar-refractivity contribution in [2.24, 2.45) is 5.41 Å². The van der Waals surface area contributed by atoms with Crippen LogP contribution in [-0.2, 0) is 45.9 Å². The molecule has 2 amide bonds. The number of nitrogens with one attached hydrogen (secondary N) is 2. The normalized spacial score (nSPS) is 22.9. The van der Waals surface area contributed by atoms with E-state index in [0.29, 0.717) is 12.3 Å². The minimum Gasteiger partial charge on any atom is -0.386 e. The Bertz CT molecular complexity index is 1590. The summed E-state index contributed by atoms with van der Waals surface area (Å²) in [5, 5.41) is 26.1. The second-order valence-corrected chi connectivity index (χ2v) is 15.5. The van der Waals surface area contributed by atoms with E-state index in [4.69, 9.17) is 19.5 Å². The van der Waals surface area contributed by atoms with E-state index < -0.39 is 78.6 Å². The maximum Gasteiger partial charge on any atom is 0.481 e. The van der Waals surface area contributed by atoms with E-state index in [1.165, 1.54) is 13.8 Å². The number of fused-ring (bicyclic) bond motifs is 1. The van der Waals surface area contributed by atoms with Crippen molar-refractivity contribution in [2.75, 3.05) is 37.8 Å². The van der Waals surface area contributed by atoms with E-state index >= 15 is 0 Å². The Hall–Kier alpha value is -2.11. The molecule has 10 N–H and O–H groups in total. The molecule has 0 radical (unpaired) electrons. The summed E-state index contributed by atoms with van der Waals surface area (Å²) in [5.74, 6) is -0.943. The zero-order valence-corrected chi connectivity index (χ0v) is 28.8. The Kier molecular flexibility index (Phi) is 15.3. The van der Waals surface area contributed by atoms with Crippen LogP contribution in [0.15, 0.2) is 12.7 Å². The number of aromatic nitrogens is 4. The van der Waals surface area contributed by atoms with Crippen LogP contribution in [0, 0.1) is 5.41 Å². The molecule has 2 unspecified atom stereocenters. The van der Waals surface area contributed by atoms with Crippen molar-refractivity contribution in [3.8, 4) is 0 Å². The summed E-state index contributed by atoms with van der Waals surface area (Å²) in [6.45, 7) is 0.723. The number of thiol groups is 1. The smallest absolute Gasteiger partial charge is 0.386 e. The van der Waals surface area contributed by atoms with Crippen LogP contribution in [0.4, 0.5) is 5.82 Å². The molecule has 0 aliphatic carbocycles. The van der Waals surface area contributed by atoms with Crippen molar-refractivity contribution in [2.45, 2.75) is 58.3 Å². The van der Waals surface area contributed by atoms with E-state index in [-0.39, 0.29) is 43.3 Å². The summed E-state index contributed by atoms with van der Waals surface area (Å²) in [5.41, 5.74) is 4.30. The topological polar surface area (TPSA) is 347 Å². The van der Waals surface area contributed by atoms with Gasteiger partial charge < -0.3 is 50.9 Å². The number of hydrogen-bond acceptors (Lipinski definition) is 17. The lowest BCUT2D eigenvalue weighted by atomic mass is 9.87. The van der Waals surface area contributed by atoms with Crippen LogP contribution in [0.3, 0.4) is 0 Å². The van der Waals surface area contributed by atoms with Gasteiger partial charge in [-0.3, -0.25) is 27.7 Å². The first-order valence-corrected chi connectivity index (χ1v) is 18.8. The second-order valence-electron chi connectivity index (χ2n) is 10.8. The molecule has 3 heterocycles. The lowest BCUT2D eigenvalue weighted by Gasteiger charge is -2.30. The number of aliphatic hydroxyl groups excluding tert-OH is 2. The molecule has 7 atom stereocenters. The van der Waals surface area contributed by atoms with Crippen LogP contribution in [-0.4, -0.2) is 118 Å². The third kappa shape index (κ3) is 12.3. The van der Waals surface area contributed by atoms with Gasteiger partial charge in [-0.1, -0.05) is 21.3 Å². The Labute approximate surface area is 284 Å². The summed E-state index contributed by atoms with van der Waals surface area (Å²) < 4.78 is 61.7. The van der Waals surface area contributed by atoms with Crippen LogP contribution < -0.4 is 16.4 Å². The number of hydrogen-bond donors (Lipinski definition) is 10. The molecule has 2 aromatic rings. The van der Waals surface area contributed by atoms with Crippen LogP contribution >= 0.6 is 36.1 Å². The summed E-state index contributed by atoms with van der Waals surface area (Å²) >= 11 is 3.95. The second kappa shape index (κ2) is 17.4. The van der Waals surface area contributed by atoms with Gasteiger partial charge in [0.05, 0.1) is 19.5 Å². The first-order chi connectivity index (χ1) is 22.2. The lowest BCUT2D eigenvalue weighted by molar-refractivity contribution is -0.137. The van der Waals surface area contributed by atoms with E-state index in [1.807, 2.05) is 0 Å². The molecule has 280 valence electrons. The Morgan fingerprint density at radius 2 is 1.76 bits per heavy atom. The molecule has 0 bridgehead atoms. The summed E-state index contributed by atoms with van der Waals surface area (Å²) in [6, 6.07) is 0. The highest BCUT2D eigenvalue weighted by Gasteiger charge is 2.50. The maximum absolute atomic E-state index is 12.6. The highest BCUT2D eigenvalue weighted by Crippen LogP contribution is 2.61. The van der Waals surface area contributed by atoms with Gasteiger partial charge in [0.2, 0.25) is 11.8 Å². The van der Waals surface area contributed by atoms with Crippen molar-refractivity contribution in [1.29, 1.82) is 0 Å². The fourth-order valence-electron chi connectivity index (χ4n) is 4.14. The Morgan fingerprint density at radius 1 is 1.10 bits per heavy atom.